The van der Waals surface area contributed by atoms with E-state index >= 15 is 0 Å². The number of benzene rings is 1. The van der Waals surface area contributed by atoms with E-state index < -0.39 is 17.6 Å². The summed E-state index contributed by atoms with van der Waals surface area (Å²) in [6.07, 6.45) is 0.119. The third kappa shape index (κ3) is 4.13. The number of hydrogen-bond donors (Lipinski definition) is 2. The number of hydrazine groups is 1. The van der Waals surface area contributed by atoms with Crippen molar-refractivity contribution in [3.63, 3.8) is 0 Å². The van der Waals surface area contributed by atoms with Crippen molar-refractivity contribution in [2.75, 3.05) is 5.75 Å². The molecule has 7 heteroatoms. The summed E-state index contributed by atoms with van der Waals surface area (Å²) in [7, 11) is 0. The van der Waals surface area contributed by atoms with Crippen molar-refractivity contribution in [2.45, 2.75) is 11.3 Å². The van der Waals surface area contributed by atoms with E-state index in [4.69, 9.17) is 5.84 Å². The van der Waals surface area contributed by atoms with Gasteiger partial charge in [0.05, 0.1) is 6.42 Å². The molecule has 88 valence electrons. The molecule has 0 aliphatic rings. The largest absolute Gasteiger partial charge is 0.356 e. The number of nitrogens with two attached hydrogens (primary N) is 1. The molecule has 0 saturated heterocycles. The topological polar surface area (TPSA) is 64.3 Å². The SMILES string of the molecule is NNOC(=O)CCSc1ccc(F)c(F)c1. The van der Waals surface area contributed by atoms with E-state index in [1.54, 1.807) is 5.59 Å². The maximum absolute atomic E-state index is 12.8. The van der Waals surface area contributed by atoms with Crippen LogP contribution in [0.5, 0.6) is 0 Å². The Bertz CT molecular complexity index is 377. The van der Waals surface area contributed by atoms with Gasteiger partial charge in [-0.1, -0.05) is 5.59 Å². The lowest BCUT2D eigenvalue weighted by molar-refractivity contribution is -0.150. The molecule has 16 heavy (non-hydrogen) atoms. The summed E-state index contributed by atoms with van der Waals surface area (Å²) >= 11 is 1.22. The molecular weight excluding hydrogens is 238 g/mol. The fraction of sp³-hybridized carbons (Fsp3) is 0.222. The summed E-state index contributed by atoms with van der Waals surface area (Å²) in [6.45, 7) is 0. The molecule has 1 aromatic carbocycles. The van der Waals surface area contributed by atoms with Crippen molar-refractivity contribution >= 4 is 17.7 Å². The van der Waals surface area contributed by atoms with Gasteiger partial charge in [0, 0.05) is 10.6 Å². The van der Waals surface area contributed by atoms with Gasteiger partial charge in [-0.3, -0.25) is 4.79 Å². The van der Waals surface area contributed by atoms with E-state index in [9.17, 15) is 13.6 Å². The zero-order valence-electron chi connectivity index (χ0n) is 8.20. The average Bonchev–Trinajstić information content (AvgIpc) is 2.24. The van der Waals surface area contributed by atoms with Gasteiger partial charge in [-0.05, 0) is 18.2 Å². The second kappa shape index (κ2) is 6.41. The van der Waals surface area contributed by atoms with Crippen molar-refractivity contribution in [3.05, 3.63) is 29.8 Å². The van der Waals surface area contributed by atoms with Crippen LogP contribution in [0.3, 0.4) is 0 Å². The van der Waals surface area contributed by atoms with Crippen LogP contribution in [0.4, 0.5) is 8.78 Å². The van der Waals surface area contributed by atoms with Crippen molar-refractivity contribution in [2.24, 2.45) is 5.84 Å². The number of carbonyl (C=O) groups is 1. The van der Waals surface area contributed by atoms with Crippen molar-refractivity contribution in [3.8, 4) is 0 Å². The summed E-state index contributed by atoms with van der Waals surface area (Å²) in [4.78, 5) is 15.7. The fourth-order valence-electron chi connectivity index (χ4n) is 0.936. The third-order valence-electron chi connectivity index (χ3n) is 1.64. The molecule has 0 spiro atoms. The number of nitrogens with one attached hydrogen (secondary N) is 1. The Morgan fingerprint density at radius 1 is 1.44 bits per heavy atom. The Hall–Kier alpha value is -1.18. The molecule has 0 bridgehead atoms. The van der Waals surface area contributed by atoms with Crippen LogP contribution < -0.4 is 11.4 Å². The molecule has 1 rings (SSSR count). The lowest BCUT2D eigenvalue weighted by atomic mass is 10.3. The number of halogens is 2. The molecule has 0 amide bonds. The van der Waals surface area contributed by atoms with E-state index in [-0.39, 0.29) is 6.42 Å². The molecule has 3 N–H and O–H groups in total. The highest BCUT2D eigenvalue weighted by Crippen LogP contribution is 2.20. The molecule has 0 atom stereocenters. The first-order chi connectivity index (χ1) is 7.63. The highest BCUT2D eigenvalue weighted by molar-refractivity contribution is 7.99. The second-order valence-electron chi connectivity index (χ2n) is 2.77. The van der Waals surface area contributed by atoms with Gasteiger partial charge in [-0.2, -0.15) is 0 Å². The molecule has 0 fully saturated rings. The van der Waals surface area contributed by atoms with Gasteiger partial charge in [0.15, 0.2) is 11.6 Å². The molecular formula is C9H10F2N2O2S. The lowest BCUT2D eigenvalue weighted by Crippen LogP contribution is -2.26. The molecule has 0 heterocycles. The number of rotatable bonds is 5. The van der Waals surface area contributed by atoms with Crippen LogP contribution in [0.15, 0.2) is 23.1 Å². The summed E-state index contributed by atoms with van der Waals surface area (Å²) in [5.41, 5.74) is 1.76. The summed E-state index contributed by atoms with van der Waals surface area (Å²) in [5, 5.41) is 0. The second-order valence-corrected chi connectivity index (χ2v) is 3.93. The molecule has 0 radical (unpaired) electrons. The smallest absolute Gasteiger partial charge is 0.327 e. The minimum atomic E-state index is -0.906. The van der Waals surface area contributed by atoms with Crippen LogP contribution in [0.1, 0.15) is 6.42 Å². The number of thioether (sulfide) groups is 1. The first-order valence-corrected chi connectivity index (χ1v) is 5.35. The Kier molecular flexibility index (Phi) is 5.17. The molecule has 0 aromatic heterocycles. The van der Waals surface area contributed by atoms with Crippen LogP contribution >= 0.6 is 11.8 Å². The van der Waals surface area contributed by atoms with Gasteiger partial charge < -0.3 is 4.84 Å². The van der Waals surface area contributed by atoms with E-state index in [0.717, 1.165) is 12.1 Å². The van der Waals surface area contributed by atoms with Crippen LogP contribution in [0.25, 0.3) is 0 Å². The first-order valence-electron chi connectivity index (χ1n) is 4.36. The van der Waals surface area contributed by atoms with E-state index in [1.165, 1.54) is 17.8 Å². The molecule has 4 nitrogen and oxygen atoms in total. The van der Waals surface area contributed by atoms with Crippen molar-refractivity contribution in [1.82, 2.24) is 5.59 Å². The fourth-order valence-corrected chi connectivity index (χ4v) is 1.79. The standard InChI is InChI=1S/C9H10F2N2O2S/c10-7-2-1-6(5-8(7)11)16-4-3-9(14)15-13-12/h1-2,5,13H,3-4,12H2. The maximum atomic E-state index is 12.8. The normalized spacial score (nSPS) is 10.2. The lowest BCUT2D eigenvalue weighted by Gasteiger charge is -2.02. The Balaban J connectivity index is 2.37. The quantitative estimate of drug-likeness (QED) is 0.468. The highest BCUT2D eigenvalue weighted by Gasteiger charge is 2.05. The van der Waals surface area contributed by atoms with Crippen LogP contribution in [-0.4, -0.2) is 11.7 Å². The van der Waals surface area contributed by atoms with Gasteiger partial charge in [0.25, 0.3) is 0 Å². The summed E-state index contributed by atoms with van der Waals surface area (Å²) < 4.78 is 25.3. The van der Waals surface area contributed by atoms with E-state index in [1.807, 2.05) is 0 Å². The Morgan fingerprint density at radius 2 is 2.19 bits per heavy atom. The highest BCUT2D eigenvalue weighted by atomic mass is 32.2. The third-order valence-corrected chi connectivity index (χ3v) is 2.63. The average molecular weight is 248 g/mol. The van der Waals surface area contributed by atoms with Crippen LogP contribution in [0.2, 0.25) is 0 Å². The maximum Gasteiger partial charge on any atom is 0.327 e. The van der Waals surface area contributed by atoms with Gasteiger partial charge in [-0.15, -0.1) is 11.8 Å². The van der Waals surface area contributed by atoms with Crippen LogP contribution in [0, 0.1) is 11.6 Å². The minimum absolute atomic E-state index is 0.119. The van der Waals surface area contributed by atoms with Gasteiger partial charge in [0.1, 0.15) is 0 Å². The molecule has 0 aliphatic heterocycles. The minimum Gasteiger partial charge on any atom is -0.356 e. The number of hydrogen-bond acceptors (Lipinski definition) is 5. The monoisotopic (exact) mass is 248 g/mol. The zero-order valence-corrected chi connectivity index (χ0v) is 9.02. The first kappa shape index (κ1) is 12.9. The molecule has 0 unspecified atom stereocenters. The van der Waals surface area contributed by atoms with Gasteiger partial charge >= 0.3 is 5.97 Å². The Labute approximate surface area is 95.1 Å². The summed E-state index contributed by atoms with van der Waals surface area (Å²) in [6, 6.07) is 3.56. The van der Waals surface area contributed by atoms with Gasteiger partial charge in [0.2, 0.25) is 0 Å². The molecule has 1 aromatic rings. The zero-order chi connectivity index (χ0) is 12.0. The summed E-state index contributed by atoms with van der Waals surface area (Å²) in [5.74, 6) is 2.84. The molecule has 0 aliphatic carbocycles. The van der Waals surface area contributed by atoms with E-state index in [0.29, 0.717) is 10.6 Å². The predicted molar refractivity (Wildman–Crippen MR) is 55.1 cm³/mol. The van der Waals surface area contributed by atoms with Crippen molar-refractivity contribution in [1.29, 1.82) is 0 Å². The molecule has 0 saturated carbocycles. The van der Waals surface area contributed by atoms with Gasteiger partial charge in [-0.25, -0.2) is 14.6 Å². The van der Waals surface area contributed by atoms with E-state index in [2.05, 4.69) is 4.84 Å². The van der Waals surface area contributed by atoms with Crippen LogP contribution in [-0.2, 0) is 9.63 Å². The predicted octanol–water partition coefficient (Wildman–Crippen LogP) is 1.37. The van der Waals surface area contributed by atoms with Crippen molar-refractivity contribution < 1.29 is 18.4 Å². The number of carbonyl (C=O) groups excluding carboxylic acids is 1. The Morgan fingerprint density at radius 3 is 2.81 bits per heavy atom.